The highest BCUT2D eigenvalue weighted by Gasteiger charge is 2.44. The Hall–Kier alpha value is -2.82. The number of unbranched alkanes of at least 4 members (excludes halogenated alkanes) is 2. The summed E-state index contributed by atoms with van der Waals surface area (Å²) in [5, 5.41) is 25.0. The Labute approximate surface area is 228 Å². The molecule has 1 aromatic carbocycles. The Morgan fingerprint density at radius 1 is 1.16 bits per heavy atom. The number of nitrogens with one attached hydrogen (secondary N) is 2. The summed E-state index contributed by atoms with van der Waals surface area (Å²) in [6.07, 6.45) is 1.57. The molecule has 3 amide bonds. The first-order valence-corrected chi connectivity index (χ1v) is 14.0. The van der Waals surface area contributed by atoms with Crippen LogP contribution < -0.4 is 10.6 Å². The van der Waals surface area contributed by atoms with E-state index in [9.17, 15) is 19.5 Å². The van der Waals surface area contributed by atoms with Crippen molar-refractivity contribution in [1.29, 1.82) is 0 Å². The van der Waals surface area contributed by atoms with Gasteiger partial charge in [0.1, 0.15) is 12.1 Å². The van der Waals surface area contributed by atoms with E-state index in [4.69, 9.17) is 5.11 Å². The smallest absolute Gasteiger partial charge is 0.246 e. The van der Waals surface area contributed by atoms with Crippen LogP contribution in [-0.2, 0) is 20.9 Å². The van der Waals surface area contributed by atoms with Crippen LogP contribution in [-0.4, -0.2) is 69.2 Å². The van der Waals surface area contributed by atoms with Crippen molar-refractivity contribution in [2.75, 3.05) is 13.2 Å². The molecule has 0 radical (unpaired) electrons. The summed E-state index contributed by atoms with van der Waals surface area (Å²) < 4.78 is 0. The van der Waals surface area contributed by atoms with Crippen LogP contribution in [0.15, 0.2) is 29.8 Å². The summed E-state index contributed by atoms with van der Waals surface area (Å²) in [4.78, 5) is 46.1. The van der Waals surface area contributed by atoms with Crippen LogP contribution in [0.4, 0.5) is 0 Å². The fraction of sp³-hybridized carbons (Fsp3) is 0.571. The second-order valence-electron chi connectivity index (χ2n) is 11.0. The van der Waals surface area contributed by atoms with Crippen molar-refractivity contribution >= 4 is 29.1 Å². The van der Waals surface area contributed by atoms with Gasteiger partial charge in [0.05, 0.1) is 22.2 Å². The average molecular weight is 545 g/mol. The minimum atomic E-state index is -0.837. The lowest BCUT2D eigenvalue weighted by Gasteiger charge is -2.35. The summed E-state index contributed by atoms with van der Waals surface area (Å²) >= 11 is 1.58. The van der Waals surface area contributed by atoms with Gasteiger partial charge in [0.25, 0.3) is 0 Å². The number of benzene rings is 1. The predicted octanol–water partition coefficient (Wildman–Crippen LogP) is 2.78. The lowest BCUT2D eigenvalue weighted by molar-refractivity contribution is -0.144. The molecule has 0 spiro atoms. The van der Waals surface area contributed by atoms with Gasteiger partial charge >= 0.3 is 0 Å². The first-order valence-electron chi connectivity index (χ1n) is 13.2. The number of hydrogen-bond acceptors (Lipinski definition) is 7. The van der Waals surface area contributed by atoms with Crippen LogP contribution in [0.1, 0.15) is 64.1 Å². The molecule has 1 saturated heterocycles. The molecule has 10 heteroatoms. The quantitative estimate of drug-likeness (QED) is 0.322. The third-order valence-corrected chi connectivity index (χ3v) is 7.75. The summed E-state index contributed by atoms with van der Waals surface area (Å²) in [6.45, 7) is 7.98. The van der Waals surface area contributed by atoms with Crippen LogP contribution in [0.3, 0.4) is 0 Å². The number of rotatable bonds is 11. The number of likely N-dealkylation sites (tertiary alicyclic amines) is 1. The van der Waals surface area contributed by atoms with Crippen LogP contribution >= 0.6 is 11.3 Å². The van der Waals surface area contributed by atoms with Crippen molar-refractivity contribution in [3.63, 3.8) is 0 Å². The molecule has 1 unspecified atom stereocenters. The molecule has 1 aliphatic heterocycles. The summed E-state index contributed by atoms with van der Waals surface area (Å²) in [5.41, 5.74) is 4.19. The molecule has 0 aliphatic carbocycles. The molecule has 1 aliphatic rings. The van der Waals surface area contributed by atoms with Crippen molar-refractivity contribution in [3.8, 4) is 10.4 Å². The topological polar surface area (TPSA) is 132 Å². The first kappa shape index (κ1) is 29.7. The van der Waals surface area contributed by atoms with Gasteiger partial charge in [0.2, 0.25) is 17.7 Å². The Morgan fingerprint density at radius 2 is 1.87 bits per heavy atom. The fourth-order valence-corrected chi connectivity index (χ4v) is 5.40. The zero-order valence-electron chi connectivity index (χ0n) is 22.7. The van der Waals surface area contributed by atoms with Crippen LogP contribution in [0.25, 0.3) is 10.4 Å². The molecule has 2 heterocycles. The minimum absolute atomic E-state index is 0.0404. The summed E-state index contributed by atoms with van der Waals surface area (Å²) in [5.74, 6) is -0.948. The maximum atomic E-state index is 13.6. The molecule has 4 N–H and O–H groups in total. The number of carbonyl (C=O) groups is 3. The Balaban J connectivity index is 1.63. The van der Waals surface area contributed by atoms with E-state index in [1.54, 1.807) is 11.3 Å². The van der Waals surface area contributed by atoms with Crippen LogP contribution in [0.5, 0.6) is 0 Å². The Bertz CT molecular complexity index is 1100. The number of thiazole rings is 1. The zero-order valence-corrected chi connectivity index (χ0v) is 23.5. The summed E-state index contributed by atoms with van der Waals surface area (Å²) in [6, 6.07) is 6.24. The van der Waals surface area contributed by atoms with Gasteiger partial charge in [-0.3, -0.25) is 14.4 Å². The van der Waals surface area contributed by atoms with Crippen molar-refractivity contribution in [1.82, 2.24) is 20.5 Å². The van der Waals surface area contributed by atoms with E-state index in [2.05, 4.69) is 15.6 Å². The maximum absolute atomic E-state index is 13.6. The molecule has 9 nitrogen and oxygen atoms in total. The molecule has 3 rings (SSSR count). The van der Waals surface area contributed by atoms with Gasteiger partial charge in [-0.2, -0.15) is 0 Å². The minimum Gasteiger partial charge on any atom is -0.396 e. The Kier molecular flexibility index (Phi) is 10.4. The number of aliphatic hydroxyl groups is 2. The first-order chi connectivity index (χ1) is 18.0. The molecule has 1 fully saturated rings. The second-order valence-corrected chi connectivity index (χ2v) is 11.8. The highest BCUT2D eigenvalue weighted by Crippen LogP contribution is 2.28. The van der Waals surface area contributed by atoms with Crippen LogP contribution in [0, 0.1) is 12.3 Å². The fourth-order valence-electron chi connectivity index (χ4n) is 4.59. The normalized spacial score (nSPS) is 18.3. The number of carbonyl (C=O) groups excluding carboxylic acids is 3. The molecule has 208 valence electrons. The van der Waals surface area contributed by atoms with Crippen LogP contribution in [0.2, 0.25) is 0 Å². The van der Waals surface area contributed by atoms with Gasteiger partial charge in [0.15, 0.2) is 0 Å². The monoisotopic (exact) mass is 544 g/mol. The van der Waals surface area contributed by atoms with E-state index in [1.165, 1.54) is 4.90 Å². The molecular formula is C28H40N4O5S. The molecule has 0 saturated carbocycles. The third-order valence-electron chi connectivity index (χ3n) is 6.77. The van der Waals surface area contributed by atoms with E-state index in [1.807, 2.05) is 57.5 Å². The van der Waals surface area contributed by atoms with Crippen molar-refractivity contribution in [2.45, 2.75) is 84.5 Å². The third kappa shape index (κ3) is 7.85. The van der Waals surface area contributed by atoms with E-state index in [-0.39, 0.29) is 43.7 Å². The highest BCUT2D eigenvalue weighted by molar-refractivity contribution is 7.13. The van der Waals surface area contributed by atoms with Crippen molar-refractivity contribution in [3.05, 3.63) is 41.0 Å². The molecule has 38 heavy (non-hydrogen) atoms. The number of nitrogens with zero attached hydrogens (tertiary/aromatic N) is 2. The maximum Gasteiger partial charge on any atom is 0.246 e. The van der Waals surface area contributed by atoms with Gasteiger partial charge in [-0.25, -0.2) is 4.98 Å². The lowest BCUT2D eigenvalue weighted by atomic mass is 9.85. The molecule has 1 aromatic heterocycles. The van der Waals surface area contributed by atoms with E-state index in [0.717, 1.165) is 28.1 Å². The average Bonchev–Trinajstić information content (AvgIpc) is 3.48. The highest BCUT2D eigenvalue weighted by atomic mass is 32.1. The molecule has 2 aromatic rings. The predicted molar refractivity (Wildman–Crippen MR) is 147 cm³/mol. The lowest BCUT2D eigenvalue weighted by Crippen LogP contribution is -2.57. The van der Waals surface area contributed by atoms with Crippen molar-refractivity contribution < 1.29 is 24.6 Å². The van der Waals surface area contributed by atoms with Gasteiger partial charge < -0.3 is 25.7 Å². The number of aryl methyl sites for hydroxylation is 1. The molecular weight excluding hydrogens is 504 g/mol. The SMILES string of the molecule is Cc1ncsc1-c1ccc(CNC(=O)[C@@H]2C[C@@H](O)CN2C(=O)C(NC(=O)CCCCCO)C(C)(C)C)cc1. The largest absolute Gasteiger partial charge is 0.396 e. The van der Waals surface area contributed by atoms with E-state index < -0.39 is 23.6 Å². The number of amides is 3. The van der Waals surface area contributed by atoms with E-state index in [0.29, 0.717) is 19.4 Å². The molecule has 0 bridgehead atoms. The summed E-state index contributed by atoms with van der Waals surface area (Å²) in [7, 11) is 0. The van der Waals surface area contributed by atoms with Gasteiger partial charge in [-0.05, 0) is 36.3 Å². The number of hydrogen-bond donors (Lipinski definition) is 4. The van der Waals surface area contributed by atoms with E-state index >= 15 is 0 Å². The zero-order chi connectivity index (χ0) is 27.9. The van der Waals surface area contributed by atoms with Gasteiger partial charge in [0, 0.05) is 32.5 Å². The number of aliphatic hydroxyl groups excluding tert-OH is 2. The molecule has 3 atom stereocenters. The number of β-amino-alcohol motifs (C(OH)–C–C–N with tert-alkyl or cyclic N) is 1. The Morgan fingerprint density at radius 3 is 2.47 bits per heavy atom. The standard InChI is InChI=1S/C28H40N4O5S/c1-18-24(38-17-30-18)20-11-9-19(10-12-20)15-29-26(36)22-14-21(34)16-32(22)27(37)25(28(2,3)4)31-23(35)8-6-5-7-13-33/h9-12,17,21-22,25,33-34H,5-8,13-16H2,1-4H3,(H,29,36)(H,31,35)/t21-,22+,25?/m1/s1. The van der Waals surface area contributed by atoms with Gasteiger partial charge in [-0.15, -0.1) is 11.3 Å². The van der Waals surface area contributed by atoms with Crippen molar-refractivity contribution in [2.24, 2.45) is 5.41 Å². The number of aromatic nitrogens is 1. The second kappa shape index (κ2) is 13.3. The van der Waals surface area contributed by atoms with Gasteiger partial charge in [-0.1, -0.05) is 51.5 Å².